The zero-order valence-electron chi connectivity index (χ0n) is 17.0. The monoisotopic (exact) mass is 409 g/mol. The summed E-state index contributed by atoms with van der Waals surface area (Å²) in [5.74, 6) is -2.43. The maximum atomic E-state index is 12.8. The van der Waals surface area contributed by atoms with Gasteiger partial charge in [0.2, 0.25) is 0 Å². The van der Waals surface area contributed by atoms with E-state index in [2.05, 4.69) is 0 Å². The number of aliphatic hydroxyl groups excluding tert-OH is 2. The van der Waals surface area contributed by atoms with Crippen molar-refractivity contribution in [1.82, 2.24) is 4.90 Å². The van der Waals surface area contributed by atoms with Crippen LogP contribution in [0.15, 0.2) is 54.1 Å². The molecule has 1 fully saturated rings. The number of carbonyl (C=O) groups is 3. The number of aryl methyl sites for hydroxylation is 1. The molecular weight excluding hydrogens is 386 g/mol. The smallest absolute Gasteiger partial charge is 0.337 e. The molecule has 156 valence electrons. The maximum absolute atomic E-state index is 12.8. The lowest BCUT2D eigenvalue weighted by molar-refractivity contribution is -0.140. The van der Waals surface area contributed by atoms with Crippen molar-refractivity contribution in [3.05, 3.63) is 76.4 Å². The average Bonchev–Trinajstić information content (AvgIpc) is 2.97. The molecule has 0 radical (unpaired) electrons. The highest BCUT2D eigenvalue weighted by molar-refractivity contribution is 6.46. The number of likely N-dealkylation sites (tertiary alicyclic amines) is 1. The van der Waals surface area contributed by atoms with Crippen LogP contribution in [-0.4, -0.2) is 52.5 Å². The predicted molar refractivity (Wildman–Crippen MR) is 110 cm³/mol. The van der Waals surface area contributed by atoms with Crippen LogP contribution >= 0.6 is 0 Å². The van der Waals surface area contributed by atoms with Crippen LogP contribution in [0.25, 0.3) is 5.76 Å². The van der Waals surface area contributed by atoms with E-state index in [1.165, 1.54) is 31.1 Å². The van der Waals surface area contributed by atoms with Gasteiger partial charge in [-0.05, 0) is 31.5 Å². The molecule has 1 saturated heterocycles. The van der Waals surface area contributed by atoms with Crippen molar-refractivity contribution in [2.24, 2.45) is 0 Å². The highest BCUT2D eigenvalue weighted by atomic mass is 16.5. The number of hydrogen-bond acceptors (Lipinski definition) is 6. The second-order valence-corrected chi connectivity index (χ2v) is 7.28. The fraction of sp³-hybridized carbons (Fsp3) is 0.261. The van der Waals surface area contributed by atoms with Crippen molar-refractivity contribution in [2.45, 2.75) is 26.0 Å². The molecule has 0 aromatic heterocycles. The molecular formula is C23H23NO6. The number of methoxy groups -OCH3 is 1. The van der Waals surface area contributed by atoms with Crippen LogP contribution in [0, 0.1) is 6.92 Å². The molecule has 2 aromatic rings. The molecule has 7 heteroatoms. The zero-order valence-corrected chi connectivity index (χ0v) is 17.0. The number of benzene rings is 2. The van der Waals surface area contributed by atoms with E-state index in [-0.39, 0.29) is 17.9 Å². The molecule has 2 atom stereocenters. The van der Waals surface area contributed by atoms with Gasteiger partial charge in [-0.15, -0.1) is 0 Å². The topological polar surface area (TPSA) is 104 Å². The minimum atomic E-state index is -0.896. The Labute approximate surface area is 174 Å². The SMILES string of the molecule is COC(=O)c1ccc(C2C(=C(O)c3ccc(C)cc3)C(=O)C(=O)N2CC(C)O)cc1. The van der Waals surface area contributed by atoms with Gasteiger partial charge in [-0.3, -0.25) is 9.59 Å². The van der Waals surface area contributed by atoms with Gasteiger partial charge in [-0.2, -0.15) is 0 Å². The van der Waals surface area contributed by atoms with Gasteiger partial charge in [0.15, 0.2) is 0 Å². The standard InChI is InChI=1S/C23H23NO6/c1-13-4-6-16(7-5-13)20(26)18-19(24(12-14(2)25)22(28)21(18)27)15-8-10-17(11-9-15)23(29)30-3/h4-11,14,19,25-26H,12H2,1-3H3. The Hall–Kier alpha value is -3.45. The Kier molecular flexibility index (Phi) is 6.03. The summed E-state index contributed by atoms with van der Waals surface area (Å²) in [6, 6.07) is 12.3. The molecule has 2 aromatic carbocycles. The third-order valence-corrected chi connectivity index (χ3v) is 4.97. The van der Waals surface area contributed by atoms with E-state index in [0.29, 0.717) is 16.7 Å². The number of β-amino-alcohol motifs (C(OH)–C–C–N with tert-alkyl or cyclic N) is 1. The number of aliphatic hydroxyl groups is 2. The van der Waals surface area contributed by atoms with E-state index in [1.807, 2.05) is 6.92 Å². The van der Waals surface area contributed by atoms with Crippen LogP contribution in [0.1, 0.15) is 40.0 Å². The second-order valence-electron chi connectivity index (χ2n) is 7.28. The van der Waals surface area contributed by atoms with Crippen LogP contribution in [0.5, 0.6) is 0 Å². The lowest BCUT2D eigenvalue weighted by Gasteiger charge is -2.26. The number of carbonyl (C=O) groups excluding carboxylic acids is 3. The normalized spacial score (nSPS) is 19.1. The number of nitrogens with zero attached hydrogens (tertiary/aromatic N) is 1. The van der Waals surface area contributed by atoms with Crippen molar-refractivity contribution in [3.8, 4) is 0 Å². The fourth-order valence-corrected chi connectivity index (χ4v) is 3.49. The highest BCUT2D eigenvalue weighted by Crippen LogP contribution is 2.39. The summed E-state index contributed by atoms with van der Waals surface area (Å²) in [6.07, 6.45) is -0.875. The molecule has 1 heterocycles. The molecule has 1 aliphatic heterocycles. The molecule has 7 nitrogen and oxygen atoms in total. The number of rotatable bonds is 5. The fourth-order valence-electron chi connectivity index (χ4n) is 3.49. The summed E-state index contributed by atoms with van der Waals surface area (Å²) >= 11 is 0. The first-order chi connectivity index (χ1) is 14.2. The number of ether oxygens (including phenoxy) is 1. The molecule has 0 aliphatic carbocycles. The van der Waals surface area contributed by atoms with Gasteiger partial charge in [0.25, 0.3) is 11.7 Å². The molecule has 2 unspecified atom stereocenters. The van der Waals surface area contributed by atoms with Gasteiger partial charge in [-0.1, -0.05) is 42.0 Å². The molecule has 3 rings (SSSR count). The lowest BCUT2D eigenvalue weighted by Crippen LogP contribution is -2.35. The van der Waals surface area contributed by atoms with E-state index in [1.54, 1.807) is 36.4 Å². The summed E-state index contributed by atoms with van der Waals surface area (Å²) in [7, 11) is 1.27. The van der Waals surface area contributed by atoms with E-state index in [0.717, 1.165) is 5.56 Å². The van der Waals surface area contributed by atoms with Crippen LogP contribution in [0.3, 0.4) is 0 Å². The summed E-state index contributed by atoms with van der Waals surface area (Å²) in [6.45, 7) is 3.32. The molecule has 0 spiro atoms. The maximum Gasteiger partial charge on any atom is 0.337 e. The first-order valence-electron chi connectivity index (χ1n) is 9.46. The minimum Gasteiger partial charge on any atom is -0.507 e. The van der Waals surface area contributed by atoms with Gasteiger partial charge < -0.3 is 19.8 Å². The summed E-state index contributed by atoms with van der Waals surface area (Å²) in [5, 5.41) is 20.8. The molecule has 0 saturated carbocycles. The highest BCUT2D eigenvalue weighted by Gasteiger charge is 2.46. The van der Waals surface area contributed by atoms with Crippen LogP contribution < -0.4 is 0 Å². The number of Topliss-reactive ketones (excluding diaryl/α,β-unsaturated/α-hetero) is 1. The Balaban J connectivity index is 2.14. The minimum absolute atomic E-state index is 0.0599. The van der Waals surface area contributed by atoms with Crippen molar-refractivity contribution in [3.63, 3.8) is 0 Å². The largest absolute Gasteiger partial charge is 0.507 e. The number of ketones is 1. The Morgan fingerprint density at radius 3 is 2.17 bits per heavy atom. The quantitative estimate of drug-likeness (QED) is 0.340. The summed E-state index contributed by atoms with van der Waals surface area (Å²) < 4.78 is 4.70. The van der Waals surface area contributed by atoms with E-state index in [4.69, 9.17) is 4.74 Å². The Morgan fingerprint density at radius 2 is 1.63 bits per heavy atom. The Bertz CT molecular complexity index is 1000. The second kappa shape index (κ2) is 8.51. The van der Waals surface area contributed by atoms with Crippen molar-refractivity contribution < 1.29 is 29.3 Å². The number of esters is 1. The molecule has 2 N–H and O–H groups in total. The average molecular weight is 409 g/mol. The Morgan fingerprint density at radius 1 is 1.07 bits per heavy atom. The van der Waals surface area contributed by atoms with Gasteiger partial charge in [0.1, 0.15) is 5.76 Å². The molecule has 1 aliphatic rings. The summed E-state index contributed by atoms with van der Waals surface area (Å²) in [4.78, 5) is 38.5. The predicted octanol–water partition coefficient (Wildman–Crippen LogP) is 2.58. The van der Waals surface area contributed by atoms with Gasteiger partial charge >= 0.3 is 5.97 Å². The zero-order chi connectivity index (χ0) is 22.0. The third-order valence-electron chi connectivity index (χ3n) is 4.97. The van der Waals surface area contributed by atoms with E-state index in [9.17, 15) is 24.6 Å². The van der Waals surface area contributed by atoms with Crippen molar-refractivity contribution >= 4 is 23.4 Å². The lowest BCUT2D eigenvalue weighted by atomic mass is 9.94. The molecule has 1 amide bonds. The van der Waals surface area contributed by atoms with Crippen LogP contribution in [-0.2, 0) is 14.3 Å². The van der Waals surface area contributed by atoms with Crippen molar-refractivity contribution in [2.75, 3.05) is 13.7 Å². The van der Waals surface area contributed by atoms with Crippen LogP contribution in [0.4, 0.5) is 0 Å². The van der Waals surface area contributed by atoms with Crippen molar-refractivity contribution in [1.29, 1.82) is 0 Å². The van der Waals surface area contributed by atoms with Gasteiger partial charge in [0, 0.05) is 12.1 Å². The van der Waals surface area contributed by atoms with Gasteiger partial charge in [-0.25, -0.2) is 4.79 Å². The summed E-state index contributed by atoms with van der Waals surface area (Å²) in [5.41, 5.74) is 2.17. The third kappa shape index (κ3) is 3.97. The number of amides is 1. The van der Waals surface area contributed by atoms with Crippen LogP contribution in [0.2, 0.25) is 0 Å². The van der Waals surface area contributed by atoms with E-state index < -0.39 is 29.8 Å². The number of hydrogen-bond donors (Lipinski definition) is 2. The van der Waals surface area contributed by atoms with E-state index >= 15 is 0 Å². The van der Waals surface area contributed by atoms with Gasteiger partial charge in [0.05, 0.1) is 30.4 Å². The first-order valence-corrected chi connectivity index (χ1v) is 9.46. The first kappa shape index (κ1) is 21.3. The molecule has 0 bridgehead atoms. The molecule has 30 heavy (non-hydrogen) atoms.